The molecule has 3 heterocycles. The third kappa shape index (κ3) is 3.07. The van der Waals surface area contributed by atoms with Gasteiger partial charge in [-0.2, -0.15) is 0 Å². The Bertz CT molecular complexity index is 1310. The summed E-state index contributed by atoms with van der Waals surface area (Å²) in [5, 5.41) is 13.6. The first-order valence-corrected chi connectivity index (χ1v) is 11.3. The number of rotatable bonds is 6. The van der Waals surface area contributed by atoms with E-state index in [-0.39, 0.29) is 36.4 Å². The van der Waals surface area contributed by atoms with Crippen LogP contribution in [-0.4, -0.2) is 64.6 Å². The number of hydrogen-bond acceptors (Lipinski definition) is 5. The molecule has 1 aromatic heterocycles. The van der Waals surface area contributed by atoms with Crippen LogP contribution in [0.1, 0.15) is 36.2 Å². The second-order valence-corrected chi connectivity index (χ2v) is 9.04. The normalized spacial score (nSPS) is 21.8. The van der Waals surface area contributed by atoms with E-state index in [1.54, 1.807) is 48.2 Å². The van der Waals surface area contributed by atoms with E-state index in [1.807, 2.05) is 7.05 Å². The van der Waals surface area contributed by atoms with Gasteiger partial charge in [-0.3, -0.25) is 14.6 Å². The maximum atomic E-state index is 15.4. The highest BCUT2D eigenvalue weighted by Crippen LogP contribution is 2.49. The molecular formula is C25H27FN4O4. The topological polar surface area (TPSA) is 97.9 Å². The van der Waals surface area contributed by atoms with Crippen molar-refractivity contribution in [2.24, 2.45) is 0 Å². The highest BCUT2D eigenvalue weighted by Gasteiger charge is 2.60. The summed E-state index contributed by atoms with van der Waals surface area (Å²) in [6.45, 7) is 2.69. The Labute approximate surface area is 196 Å². The number of nitrogens with zero attached hydrogens (tertiary/aromatic N) is 2. The molecule has 0 saturated carbocycles. The number of nitrogens with one attached hydrogen (secondary N) is 2. The summed E-state index contributed by atoms with van der Waals surface area (Å²) in [6.07, 6.45) is 0.781. The second kappa shape index (κ2) is 8.02. The molecule has 2 aliphatic heterocycles. The molecule has 3 N–H and O–H groups in total. The molecule has 0 radical (unpaired) electrons. The number of phenols is 1. The number of hydrogen-bond donors (Lipinski definition) is 3. The fraction of sp³-hybridized carbons (Fsp3) is 0.360. The van der Waals surface area contributed by atoms with Crippen LogP contribution in [0.3, 0.4) is 0 Å². The quantitative estimate of drug-likeness (QED) is 0.383. The summed E-state index contributed by atoms with van der Waals surface area (Å²) in [4.78, 5) is 33.5. The van der Waals surface area contributed by atoms with Crippen LogP contribution in [0.25, 0.3) is 10.9 Å². The van der Waals surface area contributed by atoms with Gasteiger partial charge in [0.2, 0.25) is 0 Å². The number of aromatic nitrogens is 1. The summed E-state index contributed by atoms with van der Waals surface area (Å²) < 4.78 is 20.6. The molecular weight excluding hydrogens is 439 g/mol. The Hall–Kier alpha value is -3.59. The van der Waals surface area contributed by atoms with Crippen LogP contribution in [0.5, 0.6) is 11.5 Å². The smallest absolute Gasteiger partial charge is 0.328 e. The van der Waals surface area contributed by atoms with E-state index in [4.69, 9.17) is 4.74 Å². The molecule has 5 rings (SSSR count). The van der Waals surface area contributed by atoms with E-state index in [0.717, 1.165) is 0 Å². The van der Waals surface area contributed by atoms with Crippen molar-refractivity contribution in [2.75, 3.05) is 27.2 Å². The average molecular weight is 467 g/mol. The zero-order valence-electron chi connectivity index (χ0n) is 19.3. The van der Waals surface area contributed by atoms with E-state index in [9.17, 15) is 14.7 Å². The van der Waals surface area contributed by atoms with E-state index >= 15 is 4.39 Å². The molecule has 3 amide bonds. The molecule has 1 saturated heterocycles. The lowest BCUT2D eigenvalue weighted by Gasteiger charge is -2.42. The Morgan fingerprint density at radius 1 is 1.29 bits per heavy atom. The predicted octanol–water partition coefficient (Wildman–Crippen LogP) is 3.30. The van der Waals surface area contributed by atoms with Crippen molar-refractivity contribution < 1.29 is 23.8 Å². The number of aromatic amines is 1. The van der Waals surface area contributed by atoms with Crippen molar-refractivity contribution in [3.63, 3.8) is 0 Å². The lowest BCUT2D eigenvalue weighted by molar-refractivity contribution is -0.133. The van der Waals surface area contributed by atoms with Gasteiger partial charge in [-0.05, 0) is 62.3 Å². The zero-order chi connectivity index (χ0) is 24.2. The van der Waals surface area contributed by atoms with Gasteiger partial charge in [0, 0.05) is 29.6 Å². The monoisotopic (exact) mass is 466 g/mol. The third-order valence-electron chi connectivity index (χ3n) is 6.94. The van der Waals surface area contributed by atoms with Gasteiger partial charge in [0.15, 0.2) is 11.6 Å². The van der Waals surface area contributed by atoms with Crippen LogP contribution in [0, 0.1) is 5.82 Å². The first-order valence-electron chi connectivity index (χ1n) is 11.3. The zero-order valence-corrected chi connectivity index (χ0v) is 19.3. The highest BCUT2D eigenvalue weighted by atomic mass is 19.1. The van der Waals surface area contributed by atoms with Crippen LogP contribution < -0.4 is 10.1 Å². The fourth-order valence-electron chi connectivity index (χ4n) is 5.36. The lowest BCUT2D eigenvalue weighted by atomic mass is 9.81. The number of urea groups is 1. The van der Waals surface area contributed by atoms with Gasteiger partial charge in [0.25, 0.3) is 5.91 Å². The van der Waals surface area contributed by atoms with Crippen molar-refractivity contribution in [3.05, 3.63) is 59.0 Å². The minimum Gasteiger partial charge on any atom is -0.508 e. The number of ether oxygens (including phenoxy) is 1. The number of halogens is 1. The Balaban J connectivity index is 1.73. The van der Waals surface area contributed by atoms with Crippen molar-refractivity contribution >= 4 is 22.8 Å². The molecule has 9 heteroatoms. The van der Waals surface area contributed by atoms with Gasteiger partial charge in [-0.25, -0.2) is 9.18 Å². The van der Waals surface area contributed by atoms with Crippen molar-refractivity contribution in [1.29, 1.82) is 0 Å². The number of carbonyl (C=O) groups excluding carboxylic acids is 2. The number of carbonyl (C=O) groups is 2. The molecule has 0 spiro atoms. The van der Waals surface area contributed by atoms with E-state index in [0.29, 0.717) is 40.7 Å². The summed E-state index contributed by atoms with van der Waals surface area (Å²) >= 11 is 0. The van der Waals surface area contributed by atoms with Crippen LogP contribution in [-0.2, 0) is 11.2 Å². The van der Waals surface area contributed by atoms with Crippen molar-refractivity contribution in [1.82, 2.24) is 20.1 Å². The van der Waals surface area contributed by atoms with Gasteiger partial charge < -0.3 is 20.1 Å². The Kier molecular flexibility index (Phi) is 5.24. The number of phenolic OH excluding ortho intramolecular Hbond substituents is 1. The summed E-state index contributed by atoms with van der Waals surface area (Å²) in [5.41, 5.74) is 1.25. The molecule has 2 aliphatic rings. The number of methoxy groups -OCH3 is 1. The van der Waals surface area contributed by atoms with E-state index < -0.39 is 17.4 Å². The Morgan fingerprint density at radius 2 is 2.09 bits per heavy atom. The highest BCUT2D eigenvalue weighted by molar-refractivity contribution is 6.08. The molecule has 178 valence electrons. The van der Waals surface area contributed by atoms with Crippen LogP contribution in [0.15, 0.2) is 36.4 Å². The first kappa shape index (κ1) is 22.2. The van der Waals surface area contributed by atoms with Crippen LogP contribution >= 0.6 is 0 Å². The minimum atomic E-state index is -1.20. The van der Waals surface area contributed by atoms with E-state index in [1.165, 1.54) is 12.0 Å². The lowest BCUT2D eigenvalue weighted by Crippen LogP contribution is -2.53. The maximum Gasteiger partial charge on any atom is 0.328 e. The summed E-state index contributed by atoms with van der Waals surface area (Å²) in [6, 6.07) is 8.79. The number of imide groups is 1. The fourth-order valence-corrected chi connectivity index (χ4v) is 5.36. The molecule has 2 aromatic carbocycles. The number of benzene rings is 2. The van der Waals surface area contributed by atoms with E-state index in [2.05, 4.69) is 10.3 Å². The molecule has 2 atom stereocenters. The largest absolute Gasteiger partial charge is 0.508 e. The van der Waals surface area contributed by atoms with Gasteiger partial charge in [0.05, 0.1) is 7.11 Å². The molecule has 8 nitrogen and oxygen atoms in total. The third-order valence-corrected chi connectivity index (χ3v) is 6.94. The number of aromatic hydroxyl groups is 1. The minimum absolute atomic E-state index is 0.0409. The number of fused-ring (bicyclic) bond motifs is 4. The Morgan fingerprint density at radius 3 is 2.79 bits per heavy atom. The van der Waals surface area contributed by atoms with Crippen LogP contribution in [0.4, 0.5) is 9.18 Å². The number of amides is 3. The molecule has 3 aromatic rings. The molecule has 0 aliphatic carbocycles. The average Bonchev–Trinajstić information content (AvgIpc) is 3.26. The molecule has 1 fully saturated rings. The SMILES string of the molecule is CNCCCN1C(=O)N2C(c3cccc(O)c3)c3[nH]c4ccc(OC)c(F)c4c3CC2(C)C1=O. The maximum absolute atomic E-state index is 15.4. The predicted molar refractivity (Wildman–Crippen MR) is 124 cm³/mol. The van der Waals surface area contributed by atoms with Crippen LogP contribution in [0.2, 0.25) is 0 Å². The summed E-state index contributed by atoms with van der Waals surface area (Å²) in [7, 11) is 3.22. The van der Waals surface area contributed by atoms with Gasteiger partial charge in [-0.1, -0.05) is 12.1 Å². The van der Waals surface area contributed by atoms with Gasteiger partial charge in [-0.15, -0.1) is 0 Å². The summed E-state index contributed by atoms with van der Waals surface area (Å²) in [5.74, 6) is -0.661. The first-order chi connectivity index (χ1) is 16.3. The number of H-pyrrole nitrogens is 1. The van der Waals surface area contributed by atoms with Gasteiger partial charge >= 0.3 is 6.03 Å². The molecule has 0 bridgehead atoms. The van der Waals surface area contributed by atoms with Gasteiger partial charge in [0.1, 0.15) is 17.3 Å². The molecule has 2 unspecified atom stereocenters. The second-order valence-electron chi connectivity index (χ2n) is 9.04. The standard InChI is InChI=1S/C25H27FN4O4/c1-25-13-16-19-17(8-9-18(34-3)20(19)26)28-21(16)22(14-6-4-7-15(31)12-14)30(25)24(33)29(23(25)32)11-5-10-27-2/h4,6-9,12,22,27-28,31H,5,10-11,13H2,1-3H3. The van der Waals surface area contributed by atoms with Crippen molar-refractivity contribution in [2.45, 2.75) is 31.3 Å². The van der Waals surface area contributed by atoms with Crippen molar-refractivity contribution in [3.8, 4) is 11.5 Å². The molecule has 34 heavy (non-hydrogen) atoms.